The van der Waals surface area contributed by atoms with E-state index in [2.05, 4.69) is 25.8 Å². The van der Waals surface area contributed by atoms with Crippen molar-refractivity contribution in [2.24, 2.45) is 7.05 Å². The minimum atomic E-state index is -0.157. The van der Waals surface area contributed by atoms with Gasteiger partial charge in [-0.15, -0.1) is 21.5 Å². The van der Waals surface area contributed by atoms with E-state index in [1.165, 1.54) is 23.1 Å². The first-order valence-corrected chi connectivity index (χ1v) is 9.99. The summed E-state index contributed by atoms with van der Waals surface area (Å²) in [5.41, 5.74) is 0.954. The van der Waals surface area contributed by atoms with Crippen molar-refractivity contribution in [3.63, 3.8) is 0 Å². The van der Waals surface area contributed by atoms with Crippen molar-refractivity contribution in [1.82, 2.24) is 25.1 Å². The van der Waals surface area contributed by atoms with Crippen molar-refractivity contribution < 1.29 is 9.59 Å². The van der Waals surface area contributed by atoms with E-state index in [9.17, 15) is 9.59 Å². The standard InChI is InChI=1S/C17H18N6O2S2/c1-23-13(10-19-14(24)9-12-5-3-2-4-6-12)21-22-17(23)27-11-15(25)20-16-18-7-8-26-16/h2-8H,9-11H2,1H3,(H,19,24)(H,18,20,25). The second-order valence-corrected chi connectivity index (χ2v) is 7.41. The van der Waals surface area contributed by atoms with Crippen LogP contribution in [0.2, 0.25) is 0 Å². The molecule has 0 radical (unpaired) electrons. The minimum Gasteiger partial charge on any atom is -0.349 e. The van der Waals surface area contributed by atoms with Crippen molar-refractivity contribution in [3.8, 4) is 0 Å². The van der Waals surface area contributed by atoms with Gasteiger partial charge in [0.2, 0.25) is 11.8 Å². The van der Waals surface area contributed by atoms with E-state index < -0.39 is 0 Å². The van der Waals surface area contributed by atoms with Crippen molar-refractivity contribution in [3.05, 3.63) is 53.3 Å². The summed E-state index contributed by atoms with van der Waals surface area (Å²) in [4.78, 5) is 28.0. The maximum atomic E-state index is 12.0. The van der Waals surface area contributed by atoms with Gasteiger partial charge in [-0.05, 0) is 5.56 Å². The van der Waals surface area contributed by atoms with E-state index in [1.807, 2.05) is 30.3 Å². The maximum Gasteiger partial charge on any atom is 0.236 e. The molecule has 0 saturated heterocycles. The highest BCUT2D eigenvalue weighted by Crippen LogP contribution is 2.17. The Bertz CT molecular complexity index is 896. The summed E-state index contributed by atoms with van der Waals surface area (Å²) in [5.74, 6) is 0.586. The Kier molecular flexibility index (Phi) is 6.55. The fourth-order valence-corrected chi connectivity index (χ4v) is 3.49. The lowest BCUT2D eigenvalue weighted by atomic mass is 10.1. The molecule has 140 valence electrons. The quantitative estimate of drug-likeness (QED) is 0.558. The number of thioether (sulfide) groups is 1. The Balaban J connectivity index is 1.46. The fourth-order valence-electron chi connectivity index (χ4n) is 2.22. The number of rotatable bonds is 8. The molecule has 0 atom stereocenters. The lowest BCUT2D eigenvalue weighted by Gasteiger charge is -2.06. The molecule has 1 aromatic carbocycles. The van der Waals surface area contributed by atoms with Gasteiger partial charge < -0.3 is 15.2 Å². The molecule has 3 aromatic rings. The Morgan fingerprint density at radius 2 is 2.00 bits per heavy atom. The van der Waals surface area contributed by atoms with Crippen LogP contribution in [0.25, 0.3) is 0 Å². The number of amides is 2. The molecule has 0 bridgehead atoms. The van der Waals surface area contributed by atoms with Gasteiger partial charge in [-0.3, -0.25) is 9.59 Å². The van der Waals surface area contributed by atoms with Crippen LogP contribution >= 0.6 is 23.1 Å². The molecule has 2 N–H and O–H groups in total. The molecule has 0 spiro atoms. The smallest absolute Gasteiger partial charge is 0.236 e. The molecular weight excluding hydrogens is 384 g/mol. The summed E-state index contributed by atoms with van der Waals surface area (Å²) in [6.45, 7) is 0.279. The van der Waals surface area contributed by atoms with Crippen LogP contribution in [0.4, 0.5) is 5.13 Å². The van der Waals surface area contributed by atoms with Gasteiger partial charge in [-0.2, -0.15) is 0 Å². The molecule has 0 fully saturated rings. The van der Waals surface area contributed by atoms with Crippen LogP contribution in [0, 0.1) is 0 Å². The van der Waals surface area contributed by atoms with Crippen LogP contribution in [-0.4, -0.2) is 37.3 Å². The molecule has 0 aliphatic heterocycles. The monoisotopic (exact) mass is 402 g/mol. The third-order valence-electron chi connectivity index (χ3n) is 3.59. The van der Waals surface area contributed by atoms with Crippen molar-refractivity contribution >= 4 is 40.0 Å². The average molecular weight is 403 g/mol. The summed E-state index contributed by atoms with van der Waals surface area (Å²) in [6.07, 6.45) is 1.95. The third kappa shape index (κ3) is 5.63. The summed E-state index contributed by atoms with van der Waals surface area (Å²) >= 11 is 2.64. The van der Waals surface area contributed by atoms with Crippen molar-refractivity contribution in [1.29, 1.82) is 0 Å². The van der Waals surface area contributed by atoms with Crippen LogP contribution < -0.4 is 10.6 Å². The minimum absolute atomic E-state index is 0.0822. The zero-order chi connectivity index (χ0) is 19.1. The van der Waals surface area contributed by atoms with Crippen LogP contribution in [0.1, 0.15) is 11.4 Å². The van der Waals surface area contributed by atoms with Gasteiger partial charge in [0.1, 0.15) is 0 Å². The topological polar surface area (TPSA) is 102 Å². The van der Waals surface area contributed by atoms with Crippen molar-refractivity contribution in [2.75, 3.05) is 11.1 Å². The van der Waals surface area contributed by atoms with E-state index in [0.717, 1.165) is 5.56 Å². The van der Waals surface area contributed by atoms with Crippen LogP contribution in [0.15, 0.2) is 47.1 Å². The van der Waals surface area contributed by atoms with Gasteiger partial charge in [-0.1, -0.05) is 42.1 Å². The first kappa shape index (κ1) is 19.1. The summed E-state index contributed by atoms with van der Waals surface area (Å²) in [6, 6.07) is 9.54. The summed E-state index contributed by atoms with van der Waals surface area (Å²) < 4.78 is 1.77. The number of carbonyl (C=O) groups excluding carboxylic acids is 2. The molecule has 10 heteroatoms. The molecule has 27 heavy (non-hydrogen) atoms. The largest absolute Gasteiger partial charge is 0.349 e. The Hall–Kier alpha value is -2.72. The Morgan fingerprint density at radius 3 is 2.74 bits per heavy atom. The van der Waals surface area contributed by atoms with Gasteiger partial charge in [-0.25, -0.2) is 4.98 Å². The van der Waals surface area contributed by atoms with Gasteiger partial charge in [0.15, 0.2) is 16.1 Å². The summed E-state index contributed by atoms with van der Waals surface area (Å²) in [7, 11) is 1.81. The zero-order valence-corrected chi connectivity index (χ0v) is 16.2. The van der Waals surface area contributed by atoms with E-state index >= 15 is 0 Å². The zero-order valence-electron chi connectivity index (χ0n) is 14.6. The highest BCUT2D eigenvalue weighted by atomic mass is 32.2. The third-order valence-corrected chi connectivity index (χ3v) is 5.30. The number of hydrogen-bond acceptors (Lipinski definition) is 7. The molecule has 2 amide bonds. The van der Waals surface area contributed by atoms with Crippen LogP contribution in [-0.2, 0) is 29.6 Å². The predicted octanol–water partition coefficient (Wildman–Crippen LogP) is 1.86. The second-order valence-electron chi connectivity index (χ2n) is 5.57. The van der Waals surface area contributed by atoms with E-state index in [0.29, 0.717) is 22.5 Å². The molecule has 0 saturated carbocycles. The average Bonchev–Trinajstić information content (AvgIpc) is 3.29. The predicted molar refractivity (Wildman–Crippen MR) is 104 cm³/mol. The molecule has 0 aliphatic carbocycles. The summed E-state index contributed by atoms with van der Waals surface area (Å²) in [5, 5.41) is 16.7. The maximum absolute atomic E-state index is 12.0. The van der Waals surface area contributed by atoms with Crippen LogP contribution in [0.3, 0.4) is 0 Å². The van der Waals surface area contributed by atoms with E-state index in [-0.39, 0.29) is 24.1 Å². The van der Waals surface area contributed by atoms with Gasteiger partial charge in [0.05, 0.1) is 18.7 Å². The SMILES string of the molecule is Cn1c(CNC(=O)Cc2ccccc2)nnc1SCC(=O)Nc1nccs1. The van der Waals surface area contributed by atoms with Crippen LogP contribution in [0.5, 0.6) is 0 Å². The molecule has 8 nitrogen and oxygen atoms in total. The number of thiazole rings is 1. The molecule has 2 aromatic heterocycles. The number of carbonyl (C=O) groups is 2. The van der Waals surface area contributed by atoms with E-state index in [1.54, 1.807) is 23.2 Å². The van der Waals surface area contributed by atoms with Crippen molar-refractivity contribution in [2.45, 2.75) is 18.1 Å². The van der Waals surface area contributed by atoms with Gasteiger partial charge in [0.25, 0.3) is 0 Å². The fraction of sp³-hybridized carbons (Fsp3) is 0.235. The van der Waals surface area contributed by atoms with Gasteiger partial charge >= 0.3 is 0 Å². The Labute approximate surface area is 164 Å². The highest BCUT2D eigenvalue weighted by Gasteiger charge is 2.13. The molecular formula is C17H18N6O2S2. The van der Waals surface area contributed by atoms with E-state index in [4.69, 9.17) is 0 Å². The number of nitrogens with zero attached hydrogens (tertiary/aromatic N) is 4. The first-order valence-electron chi connectivity index (χ1n) is 8.13. The lowest BCUT2D eigenvalue weighted by molar-refractivity contribution is -0.120. The number of benzene rings is 1. The normalized spacial score (nSPS) is 10.6. The molecule has 0 aliphatic rings. The highest BCUT2D eigenvalue weighted by molar-refractivity contribution is 7.99. The first-order chi connectivity index (χ1) is 13.1. The number of anilines is 1. The molecule has 3 rings (SSSR count). The second kappa shape index (κ2) is 9.28. The molecule has 0 unspecified atom stereocenters. The lowest BCUT2D eigenvalue weighted by Crippen LogP contribution is -2.26. The van der Waals surface area contributed by atoms with Gasteiger partial charge in [0, 0.05) is 18.6 Å². The molecule has 2 heterocycles. The Morgan fingerprint density at radius 1 is 1.19 bits per heavy atom. The number of nitrogens with one attached hydrogen (secondary N) is 2. The number of hydrogen-bond donors (Lipinski definition) is 2. The number of aromatic nitrogens is 4.